The number of aryl methyl sites for hydroxylation is 3. The van der Waals surface area contributed by atoms with Gasteiger partial charge in [0.2, 0.25) is 0 Å². The topological polar surface area (TPSA) is 17.0 Å². The lowest BCUT2D eigenvalue weighted by Gasteiger charge is -2.20. The van der Waals surface area contributed by atoms with E-state index in [0.29, 0.717) is 0 Å². The van der Waals surface area contributed by atoms with Crippen LogP contribution in [0.15, 0.2) is 18.3 Å². The minimum absolute atomic E-state index is 0.192. The summed E-state index contributed by atoms with van der Waals surface area (Å²) in [4.78, 5) is 0. The Morgan fingerprint density at radius 1 is 1.16 bits per heavy atom. The molecule has 0 atom stereocenters. The van der Waals surface area contributed by atoms with E-state index in [2.05, 4.69) is 69.9 Å². The molecule has 0 bridgehead atoms. The number of nitrogens with one attached hydrogen (secondary N) is 1. The van der Waals surface area contributed by atoms with Gasteiger partial charge < -0.3 is 9.88 Å². The van der Waals surface area contributed by atoms with Gasteiger partial charge in [-0.15, -0.1) is 0 Å². The molecule has 1 heterocycles. The third-order valence-electron chi connectivity index (χ3n) is 3.80. The van der Waals surface area contributed by atoms with Crippen molar-refractivity contribution >= 4 is 10.9 Å². The van der Waals surface area contributed by atoms with Gasteiger partial charge in [-0.2, -0.15) is 0 Å². The molecule has 2 nitrogen and oxygen atoms in total. The number of benzene rings is 1. The Kier molecular flexibility index (Phi) is 3.73. The Morgan fingerprint density at radius 3 is 2.47 bits per heavy atom. The summed E-state index contributed by atoms with van der Waals surface area (Å²) in [5, 5.41) is 4.97. The van der Waals surface area contributed by atoms with Crippen LogP contribution in [0, 0.1) is 13.8 Å². The zero-order valence-electron chi connectivity index (χ0n) is 13.1. The fraction of sp³-hybridized carbons (Fsp3) is 0.529. The molecule has 0 aliphatic rings. The highest BCUT2D eigenvalue weighted by Gasteiger charge is 2.12. The molecule has 104 valence electrons. The average molecular weight is 258 g/mol. The van der Waals surface area contributed by atoms with Crippen LogP contribution in [0.4, 0.5) is 0 Å². The van der Waals surface area contributed by atoms with Crippen LogP contribution in [0.25, 0.3) is 10.9 Å². The van der Waals surface area contributed by atoms with E-state index < -0.39 is 0 Å². The molecule has 0 saturated carbocycles. The van der Waals surface area contributed by atoms with Gasteiger partial charge in [0.05, 0.1) is 5.52 Å². The highest BCUT2D eigenvalue weighted by Crippen LogP contribution is 2.26. The predicted octanol–water partition coefficient (Wildman–Crippen LogP) is 3.73. The van der Waals surface area contributed by atoms with E-state index in [1.807, 2.05) is 0 Å². The summed E-state index contributed by atoms with van der Waals surface area (Å²) >= 11 is 0. The second-order valence-corrected chi connectivity index (χ2v) is 6.60. The van der Waals surface area contributed by atoms with Crippen LogP contribution in [-0.4, -0.2) is 16.7 Å². The molecule has 2 aromatic rings. The van der Waals surface area contributed by atoms with E-state index >= 15 is 0 Å². The molecule has 0 amide bonds. The Balaban J connectivity index is 2.28. The molecule has 0 unspecified atom stereocenters. The fourth-order valence-corrected chi connectivity index (χ4v) is 2.65. The van der Waals surface area contributed by atoms with Crippen LogP contribution in [0.2, 0.25) is 0 Å². The Hall–Kier alpha value is -1.28. The fourth-order valence-electron chi connectivity index (χ4n) is 2.65. The van der Waals surface area contributed by atoms with E-state index in [4.69, 9.17) is 0 Å². The third-order valence-corrected chi connectivity index (χ3v) is 3.80. The lowest BCUT2D eigenvalue weighted by atomic mass is 10.0. The molecule has 0 spiro atoms. The summed E-state index contributed by atoms with van der Waals surface area (Å²) in [6, 6.07) is 4.50. The van der Waals surface area contributed by atoms with Crippen molar-refractivity contribution in [2.75, 3.05) is 6.54 Å². The number of fused-ring (bicyclic) bond motifs is 1. The van der Waals surface area contributed by atoms with Crippen molar-refractivity contribution in [3.8, 4) is 0 Å². The van der Waals surface area contributed by atoms with E-state index in [0.717, 1.165) is 13.0 Å². The van der Waals surface area contributed by atoms with Gasteiger partial charge in [-0.1, -0.05) is 12.1 Å². The normalized spacial score (nSPS) is 12.3. The van der Waals surface area contributed by atoms with Crippen LogP contribution in [-0.2, 0) is 13.5 Å². The molecular formula is C17H26N2. The molecule has 0 saturated heterocycles. The highest BCUT2D eigenvalue weighted by atomic mass is 14.9. The molecular weight excluding hydrogens is 232 g/mol. The molecule has 2 heteroatoms. The van der Waals surface area contributed by atoms with Gasteiger partial charge in [0, 0.05) is 24.2 Å². The number of hydrogen-bond donors (Lipinski definition) is 1. The Labute approximate surface area is 116 Å². The van der Waals surface area contributed by atoms with Crippen molar-refractivity contribution in [3.63, 3.8) is 0 Å². The van der Waals surface area contributed by atoms with Crippen molar-refractivity contribution in [1.29, 1.82) is 0 Å². The van der Waals surface area contributed by atoms with Crippen molar-refractivity contribution in [1.82, 2.24) is 9.88 Å². The smallest absolute Gasteiger partial charge is 0.0512 e. The maximum absolute atomic E-state index is 3.56. The number of nitrogens with zero attached hydrogens (tertiary/aromatic N) is 1. The monoisotopic (exact) mass is 258 g/mol. The van der Waals surface area contributed by atoms with Gasteiger partial charge in [-0.25, -0.2) is 0 Å². The van der Waals surface area contributed by atoms with Gasteiger partial charge in [0.15, 0.2) is 0 Å². The zero-order chi connectivity index (χ0) is 14.2. The first-order valence-corrected chi connectivity index (χ1v) is 7.09. The molecule has 0 aliphatic carbocycles. The predicted molar refractivity (Wildman–Crippen MR) is 83.9 cm³/mol. The number of aromatic nitrogens is 1. The van der Waals surface area contributed by atoms with Crippen molar-refractivity contribution in [2.45, 2.75) is 46.6 Å². The second kappa shape index (κ2) is 5.01. The number of rotatable bonds is 3. The summed E-state index contributed by atoms with van der Waals surface area (Å²) in [5.41, 5.74) is 5.78. The molecule has 2 rings (SSSR count). The molecule has 0 radical (unpaired) electrons. The summed E-state index contributed by atoms with van der Waals surface area (Å²) in [7, 11) is 2.15. The Bertz CT molecular complexity index is 585. The maximum Gasteiger partial charge on any atom is 0.0512 e. The lowest BCUT2D eigenvalue weighted by Crippen LogP contribution is -2.37. The molecule has 1 N–H and O–H groups in total. The van der Waals surface area contributed by atoms with Crippen LogP contribution in [0.5, 0.6) is 0 Å². The standard InChI is InChI=1S/C17H26N2/c1-12-7-8-15-14(9-10-18-17(3,4)5)11-19(6)16(15)13(12)2/h7-8,11,18H,9-10H2,1-6H3. The van der Waals surface area contributed by atoms with Gasteiger partial charge in [-0.3, -0.25) is 0 Å². The minimum Gasteiger partial charge on any atom is -0.350 e. The van der Waals surface area contributed by atoms with Gasteiger partial charge in [0.1, 0.15) is 0 Å². The van der Waals surface area contributed by atoms with Crippen molar-refractivity contribution in [2.24, 2.45) is 7.05 Å². The molecule has 19 heavy (non-hydrogen) atoms. The summed E-state index contributed by atoms with van der Waals surface area (Å²) in [5.74, 6) is 0. The average Bonchev–Trinajstić information content (AvgIpc) is 2.60. The third kappa shape index (κ3) is 3.01. The van der Waals surface area contributed by atoms with Crippen molar-refractivity contribution in [3.05, 3.63) is 35.0 Å². The van der Waals surface area contributed by atoms with Gasteiger partial charge in [0.25, 0.3) is 0 Å². The largest absolute Gasteiger partial charge is 0.350 e. The van der Waals surface area contributed by atoms with Crippen molar-refractivity contribution < 1.29 is 0 Å². The van der Waals surface area contributed by atoms with Crippen LogP contribution >= 0.6 is 0 Å². The lowest BCUT2D eigenvalue weighted by molar-refractivity contribution is 0.430. The van der Waals surface area contributed by atoms with E-state index in [1.165, 1.54) is 27.6 Å². The Morgan fingerprint density at radius 2 is 1.84 bits per heavy atom. The summed E-state index contributed by atoms with van der Waals surface area (Å²) < 4.78 is 2.27. The molecule has 0 aliphatic heterocycles. The number of hydrogen-bond acceptors (Lipinski definition) is 1. The van der Waals surface area contributed by atoms with Gasteiger partial charge >= 0.3 is 0 Å². The highest BCUT2D eigenvalue weighted by molar-refractivity contribution is 5.87. The van der Waals surface area contributed by atoms with E-state index in [9.17, 15) is 0 Å². The SMILES string of the molecule is Cc1ccc2c(CCNC(C)(C)C)cn(C)c2c1C. The minimum atomic E-state index is 0.192. The van der Waals surface area contributed by atoms with E-state index in [1.54, 1.807) is 0 Å². The summed E-state index contributed by atoms with van der Waals surface area (Å²) in [6.07, 6.45) is 3.36. The zero-order valence-corrected chi connectivity index (χ0v) is 13.1. The first-order chi connectivity index (χ1) is 8.79. The summed E-state index contributed by atoms with van der Waals surface area (Å²) in [6.45, 7) is 12.1. The quantitative estimate of drug-likeness (QED) is 0.887. The first-order valence-electron chi connectivity index (χ1n) is 7.09. The van der Waals surface area contributed by atoms with Crippen LogP contribution in [0.1, 0.15) is 37.5 Å². The maximum atomic E-state index is 3.56. The second-order valence-electron chi connectivity index (χ2n) is 6.60. The van der Waals surface area contributed by atoms with Gasteiger partial charge in [-0.05, 0) is 64.3 Å². The van der Waals surface area contributed by atoms with E-state index in [-0.39, 0.29) is 5.54 Å². The van der Waals surface area contributed by atoms with Crippen LogP contribution < -0.4 is 5.32 Å². The molecule has 1 aromatic heterocycles. The molecule has 1 aromatic carbocycles. The first kappa shape index (κ1) is 14.1. The molecule has 0 fully saturated rings. The van der Waals surface area contributed by atoms with Crippen LogP contribution in [0.3, 0.4) is 0 Å².